The SMILES string of the molecule is CCOC1CC(Nc2cc(C#N)cc(C)n2)C1. The van der Waals surface area contributed by atoms with E-state index < -0.39 is 0 Å². The van der Waals surface area contributed by atoms with Gasteiger partial charge in [-0.1, -0.05) is 0 Å². The molecule has 0 bridgehead atoms. The van der Waals surface area contributed by atoms with E-state index in [4.69, 9.17) is 10.00 Å². The van der Waals surface area contributed by atoms with Crippen LogP contribution in [0.25, 0.3) is 0 Å². The third-order valence-electron chi connectivity index (χ3n) is 2.93. The van der Waals surface area contributed by atoms with Gasteiger partial charge in [-0.25, -0.2) is 4.98 Å². The third kappa shape index (κ3) is 2.95. The number of pyridine rings is 1. The average Bonchev–Trinajstić information content (AvgIpc) is 2.25. The Morgan fingerprint density at radius 1 is 1.53 bits per heavy atom. The van der Waals surface area contributed by atoms with Crippen molar-refractivity contribution < 1.29 is 4.74 Å². The lowest BCUT2D eigenvalue weighted by molar-refractivity contribution is 0.00292. The summed E-state index contributed by atoms with van der Waals surface area (Å²) in [7, 11) is 0. The number of aromatic nitrogens is 1. The van der Waals surface area contributed by atoms with Crippen molar-refractivity contribution in [1.29, 1.82) is 5.26 Å². The Balaban J connectivity index is 1.92. The minimum Gasteiger partial charge on any atom is -0.378 e. The van der Waals surface area contributed by atoms with Crippen LogP contribution >= 0.6 is 0 Å². The number of hydrogen-bond acceptors (Lipinski definition) is 4. The van der Waals surface area contributed by atoms with E-state index in [1.54, 1.807) is 12.1 Å². The van der Waals surface area contributed by atoms with Gasteiger partial charge in [0, 0.05) is 18.3 Å². The van der Waals surface area contributed by atoms with E-state index in [0.717, 1.165) is 31.0 Å². The monoisotopic (exact) mass is 231 g/mol. The smallest absolute Gasteiger partial charge is 0.127 e. The van der Waals surface area contributed by atoms with E-state index >= 15 is 0 Å². The summed E-state index contributed by atoms with van der Waals surface area (Å²) in [5.74, 6) is 0.793. The van der Waals surface area contributed by atoms with Crippen LogP contribution in [0.5, 0.6) is 0 Å². The summed E-state index contributed by atoms with van der Waals surface area (Å²) in [6.07, 6.45) is 2.43. The van der Waals surface area contributed by atoms with Crippen LogP contribution in [0.3, 0.4) is 0 Å². The van der Waals surface area contributed by atoms with E-state index in [0.29, 0.717) is 17.7 Å². The van der Waals surface area contributed by atoms with Crippen molar-refractivity contribution in [1.82, 2.24) is 4.98 Å². The maximum atomic E-state index is 8.88. The van der Waals surface area contributed by atoms with Crippen molar-refractivity contribution >= 4 is 5.82 Å². The number of hydrogen-bond donors (Lipinski definition) is 1. The first kappa shape index (κ1) is 11.9. The highest BCUT2D eigenvalue weighted by Gasteiger charge is 2.29. The second kappa shape index (κ2) is 5.15. The van der Waals surface area contributed by atoms with Crippen LogP contribution in [-0.2, 0) is 4.74 Å². The van der Waals surface area contributed by atoms with Crippen molar-refractivity contribution in [3.8, 4) is 6.07 Å². The van der Waals surface area contributed by atoms with Gasteiger partial charge >= 0.3 is 0 Å². The molecule has 1 N–H and O–H groups in total. The lowest BCUT2D eigenvalue weighted by atomic mass is 9.89. The topological polar surface area (TPSA) is 57.9 Å². The van der Waals surface area contributed by atoms with Gasteiger partial charge in [-0.2, -0.15) is 5.26 Å². The Morgan fingerprint density at radius 2 is 2.29 bits per heavy atom. The number of anilines is 1. The predicted molar refractivity (Wildman–Crippen MR) is 65.7 cm³/mol. The van der Waals surface area contributed by atoms with E-state index in [1.807, 2.05) is 13.8 Å². The highest BCUT2D eigenvalue weighted by Crippen LogP contribution is 2.26. The summed E-state index contributed by atoms with van der Waals surface area (Å²) < 4.78 is 5.50. The Labute approximate surface area is 102 Å². The minimum atomic E-state index is 0.387. The van der Waals surface area contributed by atoms with Gasteiger partial charge in [-0.3, -0.25) is 0 Å². The van der Waals surface area contributed by atoms with Crippen molar-refractivity contribution in [3.05, 3.63) is 23.4 Å². The molecule has 1 saturated carbocycles. The second-order valence-corrected chi connectivity index (χ2v) is 4.38. The molecule has 1 fully saturated rings. The van der Waals surface area contributed by atoms with Crippen molar-refractivity contribution in [2.24, 2.45) is 0 Å². The fourth-order valence-electron chi connectivity index (χ4n) is 2.07. The number of nitrogens with zero attached hydrogens (tertiary/aromatic N) is 2. The molecule has 0 saturated heterocycles. The maximum absolute atomic E-state index is 8.88. The molecule has 1 heterocycles. The first-order valence-corrected chi connectivity index (χ1v) is 5.98. The first-order valence-electron chi connectivity index (χ1n) is 5.98. The minimum absolute atomic E-state index is 0.387. The molecule has 1 aromatic rings. The highest BCUT2D eigenvalue weighted by molar-refractivity contribution is 5.45. The number of nitriles is 1. The van der Waals surface area contributed by atoms with Crippen LogP contribution in [0.4, 0.5) is 5.82 Å². The summed E-state index contributed by atoms with van der Waals surface area (Å²) in [6.45, 7) is 4.69. The quantitative estimate of drug-likeness (QED) is 0.863. The third-order valence-corrected chi connectivity index (χ3v) is 2.93. The second-order valence-electron chi connectivity index (χ2n) is 4.38. The van der Waals surface area contributed by atoms with Gasteiger partial charge in [0.15, 0.2) is 0 Å². The van der Waals surface area contributed by atoms with Gasteiger partial charge in [0.05, 0.1) is 17.7 Å². The molecule has 4 heteroatoms. The highest BCUT2D eigenvalue weighted by atomic mass is 16.5. The molecular weight excluding hydrogens is 214 g/mol. The summed E-state index contributed by atoms with van der Waals surface area (Å²) in [5.41, 5.74) is 1.52. The zero-order valence-electron chi connectivity index (χ0n) is 10.2. The molecule has 0 spiro atoms. The van der Waals surface area contributed by atoms with E-state index in [1.165, 1.54) is 0 Å². The van der Waals surface area contributed by atoms with E-state index in [-0.39, 0.29) is 0 Å². The molecule has 1 aliphatic carbocycles. The fraction of sp³-hybridized carbons (Fsp3) is 0.538. The van der Waals surface area contributed by atoms with Crippen molar-refractivity contribution in [2.75, 3.05) is 11.9 Å². The largest absolute Gasteiger partial charge is 0.378 e. The molecule has 90 valence electrons. The van der Waals surface area contributed by atoms with Gasteiger partial charge in [0.25, 0.3) is 0 Å². The molecule has 17 heavy (non-hydrogen) atoms. The van der Waals surface area contributed by atoms with Crippen molar-refractivity contribution in [3.63, 3.8) is 0 Å². The van der Waals surface area contributed by atoms with Crippen LogP contribution in [0, 0.1) is 18.3 Å². The Kier molecular flexibility index (Phi) is 3.60. The van der Waals surface area contributed by atoms with Crippen LogP contribution in [-0.4, -0.2) is 23.7 Å². The molecule has 1 aliphatic rings. The summed E-state index contributed by atoms with van der Waals surface area (Å²) in [5, 5.41) is 12.2. The Morgan fingerprint density at radius 3 is 2.94 bits per heavy atom. The predicted octanol–water partition coefficient (Wildman–Crippen LogP) is 2.24. The standard InChI is InChI=1S/C13H17N3O/c1-3-17-12-6-11(7-12)16-13-5-10(8-14)4-9(2)15-13/h4-5,11-12H,3,6-7H2,1-2H3,(H,15,16). The van der Waals surface area contributed by atoms with Crippen LogP contribution in [0.15, 0.2) is 12.1 Å². The lowest BCUT2D eigenvalue weighted by Gasteiger charge is -2.35. The van der Waals surface area contributed by atoms with Crippen LogP contribution in [0.1, 0.15) is 31.0 Å². The van der Waals surface area contributed by atoms with Crippen LogP contribution in [0.2, 0.25) is 0 Å². The molecule has 0 radical (unpaired) electrons. The summed E-state index contributed by atoms with van der Waals surface area (Å²) in [4.78, 5) is 4.37. The molecule has 0 aromatic carbocycles. The van der Waals surface area contributed by atoms with E-state index in [2.05, 4.69) is 16.4 Å². The number of rotatable bonds is 4. The molecule has 0 amide bonds. The molecule has 0 aliphatic heterocycles. The Hall–Kier alpha value is -1.60. The molecule has 1 aromatic heterocycles. The number of ether oxygens (including phenoxy) is 1. The molecule has 0 atom stereocenters. The maximum Gasteiger partial charge on any atom is 0.127 e. The average molecular weight is 231 g/mol. The number of aryl methyl sites for hydroxylation is 1. The van der Waals surface area contributed by atoms with Crippen molar-refractivity contribution in [2.45, 2.75) is 38.8 Å². The van der Waals surface area contributed by atoms with Gasteiger partial charge in [0.1, 0.15) is 5.82 Å². The number of nitrogens with one attached hydrogen (secondary N) is 1. The van der Waals surface area contributed by atoms with Gasteiger partial charge in [-0.15, -0.1) is 0 Å². The molecule has 2 rings (SSSR count). The molecular formula is C13H17N3O. The van der Waals surface area contributed by atoms with Gasteiger partial charge < -0.3 is 10.1 Å². The summed E-state index contributed by atoms with van der Waals surface area (Å²) in [6, 6.07) is 6.14. The first-order chi connectivity index (χ1) is 8.21. The fourth-order valence-corrected chi connectivity index (χ4v) is 2.07. The molecule has 0 unspecified atom stereocenters. The van der Waals surface area contributed by atoms with E-state index in [9.17, 15) is 0 Å². The normalized spacial score (nSPS) is 22.6. The molecule has 4 nitrogen and oxygen atoms in total. The Bertz CT molecular complexity index is 433. The summed E-state index contributed by atoms with van der Waals surface area (Å²) >= 11 is 0. The zero-order valence-corrected chi connectivity index (χ0v) is 10.2. The van der Waals surface area contributed by atoms with Crippen LogP contribution < -0.4 is 5.32 Å². The zero-order chi connectivity index (χ0) is 12.3. The van der Waals surface area contributed by atoms with Gasteiger partial charge in [-0.05, 0) is 38.8 Å². The lowest BCUT2D eigenvalue weighted by Crippen LogP contribution is -2.41. The van der Waals surface area contributed by atoms with Gasteiger partial charge in [0.2, 0.25) is 0 Å².